The lowest BCUT2D eigenvalue weighted by molar-refractivity contribution is -0.387. The first-order chi connectivity index (χ1) is 12.6. The van der Waals surface area contributed by atoms with E-state index in [0.29, 0.717) is 18.8 Å². The summed E-state index contributed by atoms with van der Waals surface area (Å²) in [6, 6.07) is 10.1. The number of sulfone groups is 1. The predicted octanol–water partition coefficient (Wildman–Crippen LogP) is 3.10. The number of rotatable bonds is 4. The molecule has 0 bridgehead atoms. The maximum atomic E-state index is 13.2. The molecule has 1 aliphatic heterocycles. The fourth-order valence-electron chi connectivity index (χ4n) is 3.17. The molecule has 2 unspecified atom stereocenters. The van der Waals surface area contributed by atoms with Crippen molar-refractivity contribution in [3.63, 3.8) is 0 Å². The Balaban J connectivity index is 1.95. The number of morpholine rings is 1. The topological polar surface area (TPSA) is 89.8 Å². The smallest absolute Gasteiger partial charge is 0.288 e. The van der Waals surface area contributed by atoms with E-state index in [1.165, 1.54) is 30.3 Å². The van der Waals surface area contributed by atoms with Gasteiger partial charge in [0.15, 0.2) is 9.84 Å². The quantitative estimate of drug-likeness (QED) is 0.585. The molecule has 7 nitrogen and oxygen atoms in total. The first-order valence-corrected chi connectivity index (χ1v) is 10.2. The largest absolute Gasteiger partial charge is 0.367 e. The maximum Gasteiger partial charge on any atom is 0.288 e. The Hall–Kier alpha value is -2.52. The highest BCUT2D eigenvalue weighted by molar-refractivity contribution is 7.90. The van der Waals surface area contributed by atoms with Crippen LogP contribution in [-0.2, 0) is 14.6 Å². The normalized spacial score (nSPS) is 20.5. The van der Waals surface area contributed by atoms with Gasteiger partial charge in [-0.15, -0.1) is 0 Å². The molecular weight excluding hydrogens is 375 g/mol. The van der Waals surface area contributed by atoms with Gasteiger partial charge in [-0.1, -0.05) is 12.1 Å². The molecule has 1 saturated heterocycles. The number of nitrogens with zero attached hydrogens (tertiary/aromatic N) is 2. The van der Waals surface area contributed by atoms with Crippen LogP contribution in [0.1, 0.15) is 18.6 Å². The van der Waals surface area contributed by atoms with E-state index >= 15 is 0 Å². The molecule has 0 aliphatic carbocycles. The van der Waals surface area contributed by atoms with Gasteiger partial charge in [-0.25, -0.2) is 12.8 Å². The summed E-state index contributed by atoms with van der Waals surface area (Å²) in [7, 11) is -3.76. The van der Waals surface area contributed by atoms with Crippen LogP contribution in [0.5, 0.6) is 0 Å². The van der Waals surface area contributed by atoms with Crippen molar-refractivity contribution in [2.24, 2.45) is 0 Å². The molecule has 0 radical (unpaired) electrons. The molecular formula is C18H19FN2O5S. The molecule has 0 saturated carbocycles. The Bertz CT molecular complexity index is 962. The van der Waals surface area contributed by atoms with Crippen LogP contribution in [0.25, 0.3) is 0 Å². The highest BCUT2D eigenvalue weighted by Crippen LogP contribution is 2.33. The summed E-state index contributed by atoms with van der Waals surface area (Å²) in [6.07, 6.45) is 0.458. The van der Waals surface area contributed by atoms with Crippen LogP contribution in [0.2, 0.25) is 0 Å². The predicted molar refractivity (Wildman–Crippen MR) is 98.1 cm³/mol. The first kappa shape index (κ1) is 19.2. The molecule has 27 heavy (non-hydrogen) atoms. The number of ether oxygens (including phenoxy) is 1. The molecule has 3 rings (SSSR count). The third-order valence-electron chi connectivity index (χ3n) is 4.41. The Morgan fingerprint density at radius 1 is 1.19 bits per heavy atom. The van der Waals surface area contributed by atoms with E-state index < -0.39 is 20.4 Å². The molecule has 9 heteroatoms. The van der Waals surface area contributed by atoms with Gasteiger partial charge < -0.3 is 9.64 Å². The zero-order valence-electron chi connectivity index (χ0n) is 14.8. The Kier molecular flexibility index (Phi) is 5.16. The average Bonchev–Trinajstić information content (AvgIpc) is 2.60. The SMILES string of the molecule is CC1CN(c2ccc([N+](=O)[O-])c(S(C)(=O)=O)c2)CC(c2ccc(F)cc2)O1. The number of benzene rings is 2. The number of nitro groups is 1. The summed E-state index contributed by atoms with van der Waals surface area (Å²) in [5.74, 6) is -0.340. The number of hydrogen-bond acceptors (Lipinski definition) is 6. The summed E-state index contributed by atoms with van der Waals surface area (Å²) in [5.41, 5.74) is 0.916. The van der Waals surface area contributed by atoms with Gasteiger partial charge in [-0.05, 0) is 36.8 Å². The highest BCUT2D eigenvalue weighted by atomic mass is 32.2. The van der Waals surface area contributed by atoms with Crippen molar-refractivity contribution in [3.8, 4) is 0 Å². The van der Waals surface area contributed by atoms with Gasteiger partial charge in [-0.3, -0.25) is 10.1 Å². The second-order valence-electron chi connectivity index (χ2n) is 6.57. The third-order valence-corrected chi connectivity index (χ3v) is 5.53. The number of hydrogen-bond donors (Lipinski definition) is 0. The van der Waals surface area contributed by atoms with E-state index in [1.54, 1.807) is 12.1 Å². The molecule has 2 aromatic carbocycles. The van der Waals surface area contributed by atoms with Gasteiger partial charge in [0.2, 0.25) is 0 Å². The van der Waals surface area contributed by atoms with Crippen molar-refractivity contribution in [1.29, 1.82) is 0 Å². The Labute approximate surface area is 156 Å². The Morgan fingerprint density at radius 2 is 1.85 bits per heavy atom. The molecule has 2 atom stereocenters. The zero-order chi connectivity index (χ0) is 19.8. The van der Waals surface area contributed by atoms with Crippen LogP contribution in [0.4, 0.5) is 15.8 Å². The maximum absolute atomic E-state index is 13.2. The average molecular weight is 394 g/mol. The summed E-state index contributed by atoms with van der Waals surface area (Å²) < 4.78 is 43.1. The van der Waals surface area contributed by atoms with Crippen molar-refractivity contribution in [2.45, 2.75) is 24.0 Å². The molecule has 2 aromatic rings. The van der Waals surface area contributed by atoms with Gasteiger partial charge in [0.1, 0.15) is 16.8 Å². The van der Waals surface area contributed by atoms with Crippen LogP contribution in [0.15, 0.2) is 47.4 Å². The van der Waals surface area contributed by atoms with Gasteiger partial charge in [-0.2, -0.15) is 0 Å². The summed E-state index contributed by atoms with van der Waals surface area (Å²) >= 11 is 0. The second kappa shape index (κ2) is 7.24. The van der Waals surface area contributed by atoms with Crippen molar-refractivity contribution in [1.82, 2.24) is 0 Å². The highest BCUT2D eigenvalue weighted by Gasteiger charge is 2.29. The summed E-state index contributed by atoms with van der Waals surface area (Å²) in [5, 5.41) is 11.1. The fraction of sp³-hybridized carbons (Fsp3) is 0.333. The number of anilines is 1. The van der Waals surface area contributed by atoms with Crippen LogP contribution in [0, 0.1) is 15.9 Å². The van der Waals surface area contributed by atoms with E-state index in [9.17, 15) is 22.9 Å². The lowest BCUT2D eigenvalue weighted by Crippen LogP contribution is -2.43. The van der Waals surface area contributed by atoms with E-state index in [4.69, 9.17) is 4.74 Å². The minimum absolute atomic E-state index is 0.161. The number of halogens is 1. The van der Waals surface area contributed by atoms with Gasteiger partial charge in [0.05, 0.1) is 11.0 Å². The molecule has 1 heterocycles. The summed E-state index contributed by atoms with van der Waals surface area (Å²) in [4.78, 5) is 12.0. The second-order valence-corrected chi connectivity index (χ2v) is 8.56. The van der Waals surface area contributed by atoms with Crippen molar-refractivity contribution in [3.05, 3.63) is 64.0 Å². The molecule has 0 spiro atoms. The molecule has 0 N–H and O–H groups in total. The van der Waals surface area contributed by atoms with Crippen molar-refractivity contribution >= 4 is 21.2 Å². The van der Waals surface area contributed by atoms with Crippen LogP contribution < -0.4 is 4.90 Å². The van der Waals surface area contributed by atoms with E-state index in [1.807, 2.05) is 11.8 Å². The van der Waals surface area contributed by atoms with Gasteiger partial charge in [0, 0.05) is 31.1 Å². The summed E-state index contributed by atoms with van der Waals surface area (Å²) in [6.45, 7) is 2.79. The standard InChI is InChI=1S/C18H19FN2O5S/c1-12-10-20(11-17(26-12)13-3-5-14(19)6-4-13)15-7-8-16(21(22)23)18(9-15)27(2,24)25/h3-9,12,17H,10-11H2,1-2H3. The lowest BCUT2D eigenvalue weighted by atomic mass is 10.1. The molecule has 0 aromatic heterocycles. The number of nitro benzene ring substituents is 1. The fourth-order valence-corrected chi connectivity index (χ4v) is 4.03. The molecule has 1 fully saturated rings. The minimum atomic E-state index is -3.76. The molecule has 0 amide bonds. The van der Waals surface area contributed by atoms with Crippen LogP contribution >= 0.6 is 0 Å². The third kappa shape index (κ3) is 4.25. The zero-order valence-corrected chi connectivity index (χ0v) is 15.6. The van der Waals surface area contributed by atoms with E-state index in [0.717, 1.165) is 11.8 Å². The van der Waals surface area contributed by atoms with Crippen LogP contribution in [-0.4, -0.2) is 38.8 Å². The van der Waals surface area contributed by atoms with Gasteiger partial charge in [0.25, 0.3) is 5.69 Å². The van der Waals surface area contributed by atoms with Crippen molar-refractivity contribution in [2.75, 3.05) is 24.2 Å². The minimum Gasteiger partial charge on any atom is -0.367 e. The monoisotopic (exact) mass is 394 g/mol. The van der Waals surface area contributed by atoms with Crippen LogP contribution in [0.3, 0.4) is 0 Å². The van der Waals surface area contributed by atoms with Gasteiger partial charge >= 0.3 is 0 Å². The first-order valence-electron chi connectivity index (χ1n) is 8.29. The molecule has 1 aliphatic rings. The van der Waals surface area contributed by atoms with E-state index in [-0.39, 0.29) is 22.9 Å². The molecule has 144 valence electrons. The Morgan fingerprint density at radius 3 is 2.44 bits per heavy atom. The van der Waals surface area contributed by atoms with Crippen molar-refractivity contribution < 1.29 is 22.5 Å². The lowest BCUT2D eigenvalue weighted by Gasteiger charge is -2.38. The van der Waals surface area contributed by atoms with E-state index in [2.05, 4.69) is 0 Å².